The lowest BCUT2D eigenvalue weighted by Crippen LogP contribution is -2.23. The van der Waals surface area contributed by atoms with Crippen molar-refractivity contribution in [3.63, 3.8) is 0 Å². The van der Waals surface area contributed by atoms with Crippen molar-refractivity contribution in [2.45, 2.75) is 49.1 Å². The van der Waals surface area contributed by atoms with E-state index in [1.165, 1.54) is 47.4 Å². The van der Waals surface area contributed by atoms with Gasteiger partial charge in [0.25, 0.3) is 5.91 Å². The Morgan fingerprint density at radius 2 is 1.86 bits per heavy atom. The van der Waals surface area contributed by atoms with Crippen molar-refractivity contribution in [1.82, 2.24) is 10.2 Å². The van der Waals surface area contributed by atoms with E-state index in [1.54, 1.807) is 13.8 Å². The van der Waals surface area contributed by atoms with Gasteiger partial charge in [0.05, 0.1) is 17.4 Å². The first-order valence-electron chi connectivity index (χ1n) is 11.0. The normalized spacial score (nSPS) is 13.6. The number of esters is 1. The van der Waals surface area contributed by atoms with Gasteiger partial charge in [-0.25, -0.2) is 9.18 Å². The van der Waals surface area contributed by atoms with Gasteiger partial charge in [-0.1, -0.05) is 23.1 Å². The number of thiophene rings is 1. The molecule has 0 saturated heterocycles. The molecule has 2 N–H and O–H groups in total. The van der Waals surface area contributed by atoms with Crippen LogP contribution in [0.5, 0.6) is 0 Å². The highest BCUT2D eigenvalue weighted by Gasteiger charge is 2.28. The van der Waals surface area contributed by atoms with Crippen molar-refractivity contribution in [2.24, 2.45) is 0 Å². The van der Waals surface area contributed by atoms with Crippen molar-refractivity contribution in [1.29, 1.82) is 0 Å². The molecule has 2 amide bonds. The molecule has 0 bridgehead atoms. The van der Waals surface area contributed by atoms with E-state index in [-0.39, 0.29) is 17.6 Å². The molecule has 2 heterocycles. The molecule has 0 aliphatic heterocycles. The number of aryl methyl sites for hydroxylation is 1. The lowest BCUT2D eigenvalue weighted by atomic mass is 9.95. The lowest BCUT2D eigenvalue weighted by Gasteiger charge is -2.13. The zero-order valence-corrected chi connectivity index (χ0v) is 21.5. The van der Waals surface area contributed by atoms with Gasteiger partial charge >= 0.3 is 5.97 Å². The summed E-state index contributed by atoms with van der Waals surface area (Å²) in [5, 5.41) is 13.8. The first-order valence-corrected chi connectivity index (χ1v) is 13.6. The molecule has 1 aliphatic rings. The number of nitrogens with zero attached hydrogens (tertiary/aromatic N) is 2. The van der Waals surface area contributed by atoms with Gasteiger partial charge in [0.1, 0.15) is 10.8 Å². The zero-order valence-electron chi connectivity index (χ0n) is 19.1. The Kier molecular flexibility index (Phi) is 8.14. The highest BCUT2D eigenvalue weighted by molar-refractivity contribution is 8.02. The molecule has 3 aromatic rings. The van der Waals surface area contributed by atoms with Crippen LogP contribution in [-0.4, -0.2) is 39.8 Å². The maximum Gasteiger partial charge on any atom is 0.341 e. The molecule has 1 unspecified atom stereocenters. The minimum absolute atomic E-state index is 0.264. The van der Waals surface area contributed by atoms with E-state index in [0.29, 0.717) is 20.5 Å². The maximum atomic E-state index is 13.1. The largest absolute Gasteiger partial charge is 0.462 e. The van der Waals surface area contributed by atoms with E-state index in [9.17, 15) is 18.8 Å². The number of benzene rings is 1. The molecule has 0 saturated carbocycles. The number of hydrogen-bond acceptors (Lipinski definition) is 9. The van der Waals surface area contributed by atoms with Gasteiger partial charge in [-0.3, -0.25) is 14.9 Å². The molecule has 12 heteroatoms. The Balaban J connectivity index is 1.40. The number of ether oxygens (including phenoxy) is 1. The summed E-state index contributed by atoms with van der Waals surface area (Å²) in [4.78, 5) is 39.0. The minimum Gasteiger partial charge on any atom is -0.462 e. The Bertz CT molecular complexity index is 1240. The molecule has 0 fully saturated rings. The van der Waals surface area contributed by atoms with Gasteiger partial charge in [-0.15, -0.1) is 21.5 Å². The average molecular weight is 535 g/mol. The number of hydrogen-bond donors (Lipinski definition) is 2. The van der Waals surface area contributed by atoms with Gasteiger partial charge in [0.2, 0.25) is 11.0 Å². The van der Waals surface area contributed by atoms with Crippen LogP contribution < -0.4 is 10.6 Å². The van der Waals surface area contributed by atoms with Crippen molar-refractivity contribution in [3.05, 3.63) is 51.7 Å². The summed E-state index contributed by atoms with van der Waals surface area (Å²) < 4.78 is 18.8. The van der Waals surface area contributed by atoms with Gasteiger partial charge in [0.15, 0.2) is 4.34 Å². The standard InChI is InChI=1S/C23H23FN4O4S3/c1-3-32-21(31)17-15-6-4-5-7-16(15)34-20(17)25-18(29)12(2)33-23-28-27-22(35-23)26-19(30)13-8-10-14(24)11-9-13/h8-12H,3-7H2,1-2H3,(H,25,29)(H,26,27,30). The maximum absolute atomic E-state index is 13.1. The van der Waals surface area contributed by atoms with E-state index in [1.807, 2.05) is 0 Å². The van der Waals surface area contributed by atoms with E-state index in [2.05, 4.69) is 20.8 Å². The van der Waals surface area contributed by atoms with Crippen LogP contribution in [0.4, 0.5) is 14.5 Å². The molecule has 184 valence electrons. The molecule has 1 aliphatic carbocycles. The zero-order chi connectivity index (χ0) is 24.9. The van der Waals surface area contributed by atoms with Crippen LogP contribution in [0, 0.1) is 5.82 Å². The minimum atomic E-state index is -0.530. The predicted molar refractivity (Wildman–Crippen MR) is 135 cm³/mol. The summed E-state index contributed by atoms with van der Waals surface area (Å²) in [5.74, 6) is -1.54. The third-order valence-corrected chi connectivity index (χ3v) is 8.50. The Morgan fingerprint density at radius 1 is 1.11 bits per heavy atom. The SMILES string of the molecule is CCOC(=O)c1c(NC(=O)C(C)Sc2nnc(NC(=O)c3ccc(F)cc3)s2)sc2c1CCCC2. The van der Waals surface area contributed by atoms with Crippen molar-refractivity contribution >= 4 is 62.4 Å². The Morgan fingerprint density at radius 3 is 2.60 bits per heavy atom. The topological polar surface area (TPSA) is 110 Å². The van der Waals surface area contributed by atoms with Gasteiger partial charge in [-0.05, 0) is 69.4 Å². The van der Waals surface area contributed by atoms with E-state index >= 15 is 0 Å². The predicted octanol–water partition coefficient (Wildman–Crippen LogP) is 5.17. The second kappa shape index (κ2) is 11.3. The summed E-state index contributed by atoms with van der Waals surface area (Å²) >= 11 is 3.77. The number of carbonyl (C=O) groups is 3. The molecule has 1 aromatic carbocycles. The molecule has 2 aromatic heterocycles. The van der Waals surface area contributed by atoms with Crippen molar-refractivity contribution in [2.75, 3.05) is 17.2 Å². The quantitative estimate of drug-likeness (QED) is 0.233. The first-order chi connectivity index (χ1) is 16.9. The molecule has 35 heavy (non-hydrogen) atoms. The molecule has 0 spiro atoms. The van der Waals surface area contributed by atoms with Gasteiger partial charge < -0.3 is 10.1 Å². The lowest BCUT2D eigenvalue weighted by molar-refractivity contribution is -0.115. The van der Waals surface area contributed by atoms with Crippen LogP contribution in [0.15, 0.2) is 28.6 Å². The number of nitrogens with one attached hydrogen (secondary N) is 2. The second-order valence-electron chi connectivity index (χ2n) is 7.72. The second-order valence-corrected chi connectivity index (χ2v) is 11.4. The summed E-state index contributed by atoms with van der Waals surface area (Å²) in [6.45, 7) is 3.75. The van der Waals surface area contributed by atoms with Crippen LogP contribution in [0.25, 0.3) is 0 Å². The summed E-state index contributed by atoms with van der Waals surface area (Å²) in [6.07, 6.45) is 3.76. The summed E-state index contributed by atoms with van der Waals surface area (Å²) in [7, 11) is 0. The Hall–Kier alpha value is -2.83. The molecule has 0 radical (unpaired) electrons. The monoisotopic (exact) mass is 534 g/mol. The average Bonchev–Trinajstić information content (AvgIpc) is 3.43. The van der Waals surface area contributed by atoms with Crippen LogP contribution in [0.2, 0.25) is 0 Å². The van der Waals surface area contributed by atoms with Crippen molar-refractivity contribution < 1.29 is 23.5 Å². The number of anilines is 2. The van der Waals surface area contributed by atoms with Crippen LogP contribution in [0.3, 0.4) is 0 Å². The number of rotatable bonds is 8. The van der Waals surface area contributed by atoms with Crippen LogP contribution in [0.1, 0.15) is 57.8 Å². The number of halogens is 1. The molecular weight excluding hydrogens is 511 g/mol. The number of amides is 2. The molecule has 1 atom stereocenters. The van der Waals surface area contributed by atoms with E-state index < -0.39 is 22.9 Å². The number of carbonyl (C=O) groups excluding carboxylic acids is 3. The van der Waals surface area contributed by atoms with Crippen molar-refractivity contribution in [3.8, 4) is 0 Å². The highest BCUT2D eigenvalue weighted by Crippen LogP contribution is 2.39. The first kappa shape index (κ1) is 25.3. The number of thioether (sulfide) groups is 1. The summed E-state index contributed by atoms with van der Waals surface area (Å²) in [6, 6.07) is 5.16. The third-order valence-electron chi connectivity index (χ3n) is 5.27. The molecule has 4 rings (SSSR count). The fourth-order valence-corrected chi connectivity index (χ4v) is 6.74. The van der Waals surface area contributed by atoms with E-state index in [0.717, 1.165) is 47.5 Å². The van der Waals surface area contributed by atoms with Gasteiger partial charge in [0, 0.05) is 10.4 Å². The number of aromatic nitrogens is 2. The van der Waals surface area contributed by atoms with Crippen LogP contribution >= 0.6 is 34.4 Å². The highest BCUT2D eigenvalue weighted by atomic mass is 32.2. The smallest absolute Gasteiger partial charge is 0.341 e. The van der Waals surface area contributed by atoms with E-state index in [4.69, 9.17) is 4.74 Å². The fourth-order valence-electron chi connectivity index (χ4n) is 3.57. The number of fused-ring (bicyclic) bond motifs is 1. The fraction of sp³-hybridized carbons (Fsp3) is 0.348. The Labute approximate surface area is 213 Å². The molecule has 8 nitrogen and oxygen atoms in total. The molecular formula is C23H23FN4O4S3. The third kappa shape index (κ3) is 6.06. The summed E-state index contributed by atoms with van der Waals surface area (Å²) in [5.41, 5.74) is 1.75. The van der Waals surface area contributed by atoms with Crippen LogP contribution in [-0.2, 0) is 22.4 Å². The van der Waals surface area contributed by atoms with Gasteiger partial charge in [-0.2, -0.15) is 0 Å².